The van der Waals surface area contributed by atoms with Crippen LogP contribution in [0.25, 0.3) is 0 Å². The molecule has 0 saturated carbocycles. The number of piperidine rings is 1. The van der Waals surface area contributed by atoms with E-state index in [1.807, 2.05) is 5.38 Å². The molecule has 0 amide bonds. The Morgan fingerprint density at radius 2 is 2.27 bits per heavy atom. The highest BCUT2D eigenvalue weighted by molar-refractivity contribution is 7.10. The SMILES string of the molecule is CN(Cc1cc(Cl)cs1)C1CCNCC1. The Bertz CT molecular complexity index is 307. The summed E-state index contributed by atoms with van der Waals surface area (Å²) in [6.07, 6.45) is 2.52. The predicted molar refractivity (Wildman–Crippen MR) is 66.7 cm³/mol. The van der Waals surface area contributed by atoms with E-state index in [9.17, 15) is 0 Å². The molecular formula is C11H17ClN2S. The molecule has 0 spiro atoms. The summed E-state index contributed by atoms with van der Waals surface area (Å²) in [5.74, 6) is 0. The second-order valence-corrected chi connectivity index (χ2v) is 5.56. The van der Waals surface area contributed by atoms with Gasteiger partial charge in [0.25, 0.3) is 0 Å². The molecule has 0 bridgehead atoms. The molecule has 0 atom stereocenters. The van der Waals surface area contributed by atoms with E-state index in [1.165, 1.54) is 17.7 Å². The smallest absolute Gasteiger partial charge is 0.0516 e. The standard InChI is InChI=1S/C11H17ClN2S/c1-14(10-2-4-13-5-3-10)7-11-6-9(12)8-15-11/h6,8,10,13H,2-5,7H2,1H3. The Morgan fingerprint density at radius 3 is 2.87 bits per heavy atom. The van der Waals surface area contributed by atoms with Crippen molar-refractivity contribution in [3.05, 3.63) is 21.3 Å². The van der Waals surface area contributed by atoms with Crippen molar-refractivity contribution in [3.63, 3.8) is 0 Å². The lowest BCUT2D eigenvalue weighted by Crippen LogP contribution is -2.40. The molecule has 2 nitrogen and oxygen atoms in total. The third-order valence-corrected chi connectivity index (χ3v) is 4.23. The highest BCUT2D eigenvalue weighted by Crippen LogP contribution is 2.22. The van der Waals surface area contributed by atoms with Crippen molar-refractivity contribution < 1.29 is 0 Å². The van der Waals surface area contributed by atoms with Gasteiger partial charge >= 0.3 is 0 Å². The molecule has 0 unspecified atom stereocenters. The van der Waals surface area contributed by atoms with Crippen LogP contribution >= 0.6 is 22.9 Å². The normalized spacial score (nSPS) is 18.6. The highest BCUT2D eigenvalue weighted by atomic mass is 35.5. The van der Waals surface area contributed by atoms with E-state index in [0.717, 1.165) is 30.7 Å². The van der Waals surface area contributed by atoms with Crippen LogP contribution < -0.4 is 5.32 Å². The molecule has 15 heavy (non-hydrogen) atoms. The molecule has 1 fully saturated rings. The second kappa shape index (κ2) is 5.30. The van der Waals surface area contributed by atoms with Crippen LogP contribution in [-0.2, 0) is 6.54 Å². The Morgan fingerprint density at radius 1 is 1.53 bits per heavy atom. The first kappa shape index (κ1) is 11.4. The van der Waals surface area contributed by atoms with Crippen molar-refractivity contribution in [2.45, 2.75) is 25.4 Å². The van der Waals surface area contributed by atoms with E-state index >= 15 is 0 Å². The summed E-state index contributed by atoms with van der Waals surface area (Å²) in [6.45, 7) is 3.34. The number of thiophene rings is 1. The number of nitrogens with zero attached hydrogens (tertiary/aromatic N) is 1. The Kier molecular flexibility index (Phi) is 4.03. The van der Waals surface area contributed by atoms with Gasteiger partial charge in [-0.1, -0.05) is 11.6 Å². The summed E-state index contributed by atoms with van der Waals surface area (Å²) < 4.78 is 0. The van der Waals surface area contributed by atoms with Gasteiger partial charge in [-0.3, -0.25) is 4.90 Å². The molecule has 0 radical (unpaired) electrons. The summed E-state index contributed by atoms with van der Waals surface area (Å²) >= 11 is 7.66. The lowest BCUT2D eigenvalue weighted by Gasteiger charge is -2.31. The van der Waals surface area contributed by atoms with Crippen LogP contribution in [0.3, 0.4) is 0 Å². The highest BCUT2D eigenvalue weighted by Gasteiger charge is 2.17. The zero-order chi connectivity index (χ0) is 10.7. The van der Waals surface area contributed by atoms with Gasteiger partial charge in [0.05, 0.1) is 5.02 Å². The third-order valence-electron chi connectivity index (χ3n) is 2.96. The van der Waals surface area contributed by atoms with Gasteiger partial charge in [-0.15, -0.1) is 11.3 Å². The lowest BCUT2D eigenvalue weighted by molar-refractivity contribution is 0.193. The number of hydrogen-bond acceptors (Lipinski definition) is 3. The van der Waals surface area contributed by atoms with Gasteiger partial charge in [-0.05, 0) is 39.0 Å². The Balaban J connectivity index is 1.88. The number of nitrogens with one attached hydrogen (secondary N) is 1. The molecule has 1 aromatic rings. The molecule has 2 heterocycles. The maximum absolute atomic E-state index is 5.91. The van der Waals surface area contributed by atoms with Crippen molar-refractivity contribution in [2.24, 2.45) is 0 Å². The van der Waals surface area contributed by atoms with Crippen LogP contribution in [0.4, 0.5) is 0 Å². The molecular weight excluding hydrogens is 228 g/mol. The van der Waals surface area contributed by atoms with Crippen LogP contribution in [0.1, 0.15) is 17.7 Å². The molecule has 1 aliphatic rings. The monoisotopic (exact) mass is 244 g/mol. The molecule has 1 N–H and O–H groups in total. The second-order valence-electron chi connectivity index (χ2n) is 4.13. The fourth-order valence-electron chi connectivity index (χ4n) is 2.06. The number of halogens is 1. The maximum Gasteiger partial charge on any atom is 0.0516 e. The van der Waals surface area contributed by atoms with E-state index < -0.39 is 0 Å². The predicted octanol–water partition coefficient (Wildman–Crippen LogP) is 2.59. The fourth-order valence-corrected chi connectivity index (χ4v) is 3.19. The van der Waals surface area contributed by atoms with Crippen molar-refractivity contribution in [2.75, 3.05) is 20.1 Å². The topological polar surface area (TPSA) is 15.3 Å². The first-order chi connectivity index (χ1) is 7.25. The summed E-state index contributed by atoms with van der Waals surface area (Å²) in [4.78, 5) is 3.81. The zero-order valence-electron chi connectivity index (χ0n) is 9.00. The van der Waals surface area contributed by atoms with E-state index in [-0.39, 0.29) is 0 Å². The third kappa shape index (κ3) is 3.18. The van der Waals surface area contributed by atoms with Crippen LogP contribution in [-0.4, -0.2) is 31.1 Å². The molecule has 1 aromatic heterocycles. The van der Waals surface area contributed by atoms with Gasteiger partial charge in [-0.25, -0.2) is 0 Å². The van der Waals surface area contributed by atoms with Gasteiger partial charge in [-0.2, -0.15) is 0 Å². The van der Waals surface area contributed by atoms with Crippen LogP contribution in [0, 0.1) is 0 Å². The summed E-state index contributed by atoms with van der Waals surface area (Å²) in [7, 11) is 2.21. The van der Waals surface area contributed by atoms with Gasteiger partial charge in [0.15, 0.2) is 0 Å². The van der Waals surface area contributed by atoms with E-state index in [2.05, 4.69) is 23.3 Å². The lowest BCUT2D eigenvalue weighted by atomic mass is 10.1. The average Bonchev–Trinajstić information content (AvgIpc) is 2.65. The molecule has 0 aromatic carbocycles. The Labute approximate surface area is 100 Å². The summed E-state index contributed by atoms with van der Waals surface area (Å²) in [5, 5.41) is 6.27. The first-order valence-electron chi connectivity index (χ1n) is 5.39. The van der Waals surface area contributed by atoms with Crippen LogP contribution in [0.15, 0.2) is 11.4 Å². The van der Waals surface area contributed by atoms with Gasteiger partial charge in [0, 0.05) is 22.8 Å². The summed E-state index contributed by atoms with van der Waals surface area (Å²) in [5.41, 5.74) is 0. The van der Waals surface area contributed by atoms with Crippen molar-refractivity contribution in [3.8, 4) is 0 Å². The summed E-state index contributed by atoms with van der Waals surface area (Å²) in [6, 6.07) is 2.80. The average molecular weight is 245 g/mol. The molecule has 2 rings (SSSR count). The zero-order valence-corrected chi connectivity index (χ0v) is 10.6. The maximum atomic E-state index is 5.91. The van der Waals surface area contributed by atoms with E-state index in [4.69, 9.17) is 11.6 Å². The molecule has 0 aliphatic carbocycles. The molecule has 84 valence electrons. The minimum Gasteiger partial charge on any atom is -0.317 e. The quantitative estimate of drug-likeness (QED) is 0.879. The van der Waals surface area contributed by atoms with Crippen molar-refractivity contribution in [1.82, 2.24) is 10.2 Å². The van der Waals surface area contributed by atoms with E-state index in [0.29, 0.717) is 0 Å². The van der Waals surface area contributed by atoms with Crippen molar-refractivity contribution in [1.29, 1.82) is 0 Å². The van der Waals surface area contributed by atoms with Gasteiger partial charge in [0.2, 0.25) is 0 Å². The van der Waals surface area contributed by atoms with Gasteiger partial charge < -0.3 is 5.32 Å². The molecule has 4 heteroatoms. The minimum atomic E-state index is 0.729. The van der Waals surface area contributed by atoms with Crippen LogP contribution in [0.5, 0.6) is 0 Å². The molecule has 1 saturated heterocycles. The number of rotatable bonds is 3. The number of hydrogen-bond donors (Lipinski definition) is 1. The minimum absolute atomic E-state index is 0.729. The first-order valence-corrected chi connectivity index (χ1v) is 6.65. The fraction of sp³-hybridized carbons (Fsp3) is 0.636. The molecule has 1 aliphatic heterocycles. The largest absolute Gasteiger partial charge is 0.317 e. The van der Waals surface area contributed by atoms with E-state index in [1.54, 1.807) is 11.3 Å². The van der Waals surface area contributed by atoms with Gasteiger partial charge in [0.1, 0.15) is 0 Å². The van der Waals surface area contributed by atoms with Crippen molar-refractivity contribution >= 4 is 22.9 Å². The van der Waals surface area contributed by atoms with Crippen LogP contribution in [0.2, 0.25) is 5.02 Å². The Hall–Kier alpha value is -0.0900.